The van der Waals surface area contributed by atoms with Crippen molar-refractivity contribution in [2.75, 3.05) is 6.54 Å². The molecule has 1 saturated carbocycles. The second kappa shape index (κ2) is 3.41. The van der Waals surface area contributed by atoms with Gasteiger partial charge < -0.3 is 5.32 Å². The van der Waals surface area contributed by atoms with Crippen molar-refractivity contribution in [2.45, 2.75) is 24.3 Å². The summed E-state index contributed by atoms with van der Waals surface area (Å²) < 4.78 is 0. The van der Waals surface area contributed by atoms with Crippen LogP contribution in [0.1, 0.15) is 18.4 Å². The van der Waals surface area contributed by atoms with Gasteiger partial charge in [0.2, 0.25) is 0 Å². The molecular weight excluding hydrogens is 217 g/mol. The number of hydrogen-bond donors (Lipinski definition) is 1. The van der Waals surface area contributed by atoms with Crippen LogP contribution >= 0.6 is 24.0 Å². The predicted octanol–water partition coefficient (Wildman–Crippen LogP) is 2.77. The molecule has 2 heterocycles. The molecule has 14 heavy (non-hydrogen) atoms. The third-order valence-electron chi connectivity index (χ3n) is 3.46. The first-order valence-electron chi connectivity index (χ1n) is 4.78. The molecule has 0 spiro atoms. The number of nitrogens with one attached hydrogen (secondary N) is 1. The Labute approximate surface area is 95.3 Å². The first kappa shape index (κ1) is 10.3. The highest BCUT2D eigenvalue weighted by atomic mass is 35.5. The van der Waals surface area contributed by atoms with E-state index in [4.69, 9.17) is 11.6 Å². The lowest BCUT2D eigenvalue weighted by Crippen LogP contribution is -2.37. The van der Waals surface area contributed by atoms with Crippen molar-refractivity contribution < 1.29 is 0 Å². The van der Waals surface area contributed by atoms with E-state index in [9.17, 15) is 0 Å². The van der Waals surface area contributed by atoms with Crippen molar-refractivity contribution in [1.82, 2.24) is 5.32 Å². The second-order valence-corrected chi connectivity index (χ2v) is 4.71. The molecule has 0 atom stereocenters. The van der Waals surface area contributed by atoms with Crippen LogP contribution in [0.25, 0.3) is 0 Å². The van der Waals surface area contributed by atoms with Gasteiger partial charge in [-0.25, -0.2) is 0 Å². The van der Waals surface area contributed by atoms with Crippen LogP contribution in [0, 0.1) is 0 Å². The van der Waals surface area contributed by atoms with Gasteiger partial charge in [0, 0.05) is 23.0 Å². The number of halogens is 2. The zero-order chi connectivity index (χ0) is 8.89. The number of benzene rings is 1. The van der Waals surface area contributed by atoms with Crippen molar-refractivity contribution >= 4 is 24.0 Å². The maximum atomic E-state index is 5.86. The van der Waals surface area contributed by atoms with Crippen LogP contribution in [0.5, 0.6) is 0 Å². The lowest BCUT2D eigenvalue weighted by molar-refractivity contribution is 0.304. The lowest BCUT2D eigenvalue weighted by atomic mass is 9.66. The molecule has 1 aromatic carbocycles. The highest BCUT2D eigenvalue weighted by molar-refractivity contribution is 6.30. The molecule has 3 aliphatic rings. The molecule has 3 fully saturated rings. The Morgan fingerprint density at radius 2 is 1.86 bits per heavy atom. The van der Waals surface area contributed by atoms with Crippen LogP contribution in [0.15, 0.2) is 24.3 Å². The highest BCUT2D eigenvalue weighted by Crippen LogP contribution is 2.48. The van der Waals surface area contributed by atoms with E-state index in [-0.39, 0.29) is 12.4 Å². The molecule has 1 aromatic rings. The Bertz CT molecular complexity index is 322. The summed E-state index contributed by atoms with van der Waals surface area (Å²) in [6.07, 6.45) is 2.63. The first-order chi connectivity index (χ1) is 6.28. The average Bonchev–Trinajstić information content (AvgIpc) is 2.63. The maximum absolute atomic E-state index is 5.86. The van der Waals surface area contributed by atoms with E-state index in [1.54, 1.807) is 0 Å². The summed E-state index contributed by atoms with van der Waals surface area (Å²) in [5.41, 5.74) is 1.91. The van der Waals surface area contributed by atoms with E-state index < -0.39 is 0 Å². The fourth-order valence-corrected chi connectivity index (χ4v) is 2.78. The van der Waals surface area contributed by atoms with Gasteiger partial charge in [-0.2, -0.15) is 0 Å². The van der Waals surface area contributed by atoms with Gasteiger partial charge in [0.05, 0.1) is 0 Å². The van der Waals surface area contributed by atoms with Gasteiger partial charge in [-0.1, -0.05) is 23.7 Å². The molecular formula is C11H13Cl2N. The van der Waals surface area contributed by atoms with Gasteiger partial charge in [0.25, 0.3) is 0 Å². The molecule has 2 aliphatic heterocycles. The van der Waals surface area contributed by atoms with Crippen molar-refractivity contribution in [3.05, 3.63) is 34.9 Å². The van der Waals surface area contributed by atoms with Gasteiger partial charge in [-0.05, 0) is 30.5 Å². The van der Waals surface area contributed by atoms with Crippen molar-refractivity contribution in [3.63, 3.8) is 0 Å². The van der Waals surface area contributed by atoms with Gasteiger partial charge in [-0.3, -0.25) is 0 Å². The molecule has 0 aromatic heterocycles. The minimum Gasteiger partial charge on any atom is -0.313 e. The smallest absolute Gasteiger partial charge is 0.0406 e. The Kier molecular flexibility index (Phi) is 2.50. The van der Waals surface area contributed by atoms with Crippen molar-refractivity contribution in [1.29, 1.82) is 0 Å². The van der Waals surface area contributed by atoms with Crippen LogP contribution < -0.4 is 5.32 Å². The van der Waals surface area contributed by atoms with Gasteiger partial charge >= 0.3 is 0 Å². The molecule has 76 valence electrons. The van der Waals surface area contributed by atoms with E-state index in [0.717, 1.165) is 17.6 Å². The number of fused-ring (bicyclic) bond motifs is 1. The molecule has 0 amide bonds. The zero-order valence-corrected chi connectivity index (χ0v) is 9.37. The normalized spacial score (nSPS) is 33.4. The van der Waals surface area contributed by atoms with E-state index in [1.165, 1.54) is 18.4 Å². The molecule has 1 N–H and O–H groups in total. The number of hydrogen-bond acceptors (Lipinski definition) is 1. The summed E-state index contributed by atoms with van der Waals surface area (Å²) in [5, 5.41) is 4.35. The minimum absolute atomic E-state index is 0. The van der Waals surface area contributed by atoms with Gasteiger partial charge in [-0.15, -0.1) is 12.4 Å². The summed E-state index contributed by atoms with van der Waals surface area (Å²) >= 11 is 5.86. The van der Waals surface area contributed by atoms with E-state index in [1.807, 2.05) is 12.1 Å². The van der Waals surface area contributed by atoms with Crippen LogP contribution in [0.3, 0.4) is 0 Å². The SMILES string of the molecule is Cl.Clc1ccc(C23CNC(C2)C3)cc1. The molecule has 4 rings (SSSR count). The minimum atomic E-state index is 0. The van der Waals surface area contributed by atoms with Crippen LogP contribution in [-0.4, -0.2) is 12.6 Å². The Morgan fingerprint density at radius 1 is 1.21 bits per heavy atom. The van der Waals surface area contributed by atoms with Crippen molar-refractivity contribution in [3.8, 4) is 0 Å². The third kappa shape index (κ3) is 1.35. The largest absolute Gasteiger partial charge is 0.313 e. The molecule has 0 radical (unpaired) electrons. The van der Waals surface area contributed by atoms with Crippen LogP contribution in [0.4, 0.5) is 0 Å². The summed E-state index contributed by atoms with van der Waals surface area (Å²) in [5.74, 6) is 0. The molecule has 0 unspecified atom stereocenters. The summed E-state index contributed by atoms with van der Waals surface area (Å²) in [6, 6.07) is 9.13. The summed E-state index contributed by atoms with van der Waals surface area (Å²) in [6.45, 7) is 1.15. The average molecular weight is 230 g/mol. The predicted molar refractivity (Wildman–Crippen MR) is 61.4 cm³/mol. The number of rotatable bonds is 1. The third-order valence-corrected chi connectivity index (χ3v) is 3.71. The van der Waals surface area contributed by atoms with E-state index in [0.29, 0.717) is 5.41 Å². The van der Waals surface area contributed by atoms with E-state index in [2.05, 4.69) is 17.4 Å². The molecule has 1 nitrogen and oxygen atoms in total. The molecule has 2 saturated heterocycles. The lowest BCUT2D eigenvalue weighted by Gasteiger charge is -2.37. The fourth-order valence-electron chi connectivity index (χ4n) is 2.65. The Hall–Kier alpha value is -0.240. The first-order valence-corrected chi connectivity index (χ1v) is 5.16. The van der Waals surface area contributed by atoms with Gasteiger partial charge in [0.1, 0.15) is 0 Å². The summed E-state index contributed by atoms with van der Waals surface area (Å²) in [4.78, 5) is 0. The van der Waals surface area contributed by atoms with E-state index >= 15 is 0 Å². The maximum Gasteiger partial charge on any atom is 0.0406 e. The summed E-state index contributed by atoms with van der Waals surface area (Å²) in [7, 11) is 0. The Balaban J connectivity index is 0.000000750. The highest BCUT2D eigenvalue weighted by Gasteiger charge is 2.50. The molecule has 3 heteroatoms. The zero-order valence-electron chi connectivity index (χ0n) is 7.79. The van der Waals surface area contributed by atoms with Crippen molar-refractivity contribution in [2.24, 2.45) is 0 Å². The van der Waals surface area contributed by atoms with Gasteiger partial charge in [0.15, 0.2) is 0 Å². The molecule has 2 bridgehead atoms. The van der Waals surface area contributed by atoms with Crippen LogP contribution in [0.2, 0.25) is 5.02 Å². The Morgan fingerprint density at radius 3 is 2.36 bits per heavy atom. The van der Waals surface area contributed by atoms with Crippen LogP contribution in [-0.2, 0) is 5.41 Å². The standard InChI is InChI=1S/C11H12ClN.ClH/c12-9-3-1-8(2-4-9)11-5-10(6-11)13-7-11;/h1-4,10,13H,5-7H2;1H. The quantitative estimate of drug-likeness (QED) is 0.782. The molecule has 1 aliphatic carbocycles. The monoisotopic (exact) mass is 229 g/mol. The fraction of sp³-hybridized carbons (Fsp3) is 0.455. The second-order valence-electron chi connectivity index (χ2n) is 4.27. The topological polar surface area (TPSA) is 12.0 Å².